The van der Waals surface area contributed by atoms with E-state index in [0.717, 1.165) is 37.8 Å². The minimum Gasteiger partial charge on any atom is -0.493 e. The van der Waals surface area contributed by atoms with Crippen LogP contribution in [0.1, 0.15) is 37.7 Å². The summed E-state index contributed by atoms with van der Waals surface area (Å²) in [6.45, 7) is 1.23. The maximum absolute atomic E-state index is 11.0. The van der Waals surface area contributed by atoms with Gasteiger partial charge >= 0.3 is 5.97 Å². The van der Waals surface area contributed by atoms with E-state index >= 15 is 0 Å². The van der Waals surface area contributed by atoms with Gasteiger partial charge in [-0.05, 0) is 30.5 Å². The molecule has 148 valence electrons. The summed E-state index contributed by atoms with van der Waals surface area (Å²) in [7, 11) is 4.62. The van der Waals surface area contributed by atoms with Gasteiger partial charge in [0, 0.05) is 13.0 Å². The third-order valence-electron chi connectivity index (χ3n) is 3.72. The van der Waals surface area contributed by atoms with Crippen LogP contribution in [0.2, 0.25) is 0 Å². The van der Waals surface area contributed by atoms with E-state index < -0.39 is 0 Å². The molecule has 0 aromatic heterocycles. The van der Waals surface area contributed by atoms with Crippen LogP contribution in [0.5, 0.6) is 11.5 Å². The smallest absolute Gasteiger partial charge is 0.305 e. The van der Waals surface area contributed by atoms with Gasteiger partial charge in [-0.1, -0.05) is 18.9 Å². The molecule has 0 radical (unpaired) electrons. The first kappa shape index (κ1) is 24.3. The van der Waals surface area contributed by atoms with Crippen LogP contribution in [-0.2, 0) is 16.1 Å². The van der Waals surface area contributed by atoms with Gasteiger partial charge in [-0.25, -0.2) is 4.99 Å². The molecule has 0 unspecified atom stereocenters. The number of benzene rings is 1. The zero-order valence-electron chi connectivity index (χ0n) is 15.7. The van der Waals surface area contributed by atoms with Crippen LogP contribution in [0.25, 0.3) is 0 Å². The molecule has 3 N–H and O–H groups in total. The largest absolute Gasteiger partial charge is 0.493 e. The van der Waals surface area contributed by atoms with E-state index in [1.807, 2.05) is 18.2 Å². The minimum absolute atomic E-state index is 0. The number of rotatable bonds is 11. The van der Waals surface area contributed by atoms with Crippen LogP contribution in [0.3, 0.4) is 0 Å². The lowest BCUT2D eigenvalue weighted by Crippen LogP contribution is -2.32. The molecule has 0 bridgehead atoms. The van der Waals surface area contributed by atoms with Gasteiger partial charge in [0.05, 0.1) is 27.9 Å². The van der Waals surface area contributed by atoms with Crippen molar-refractivity contribution < 1.29 is 19.0 Å². The number of guanidine groups is 1. The Balaban J connectivity index is 0.00000625. The predicted octanol–water partition coefficient (Wildman–Crippen LogP) is 2.85. The average Bonchev–Trinajstić information content (AvgIpc) is 2.64. The Morgan fingerprint density at radius 2 is 1.77 bits per heavy atom. The van der Waals surface area contributed by atoms with Crippen molar-refractivity contribution in [3.05, 3.63) is 23.8 Å². The summed E-state index contributed by atoms with van der Waals surface area (Å²) in [5, 5.41) is 3.10. The highest BCUT2D eigenvalue weighted by Crippen LogP contribution is 2.27. The van der Waals surface area contributed by atoms with Crippen molar-refractivity contribution in [3.63, 3.8) is 0 Å². The van der Waals surface area contributed by atoms with E-state index in [1.54, 1.807) is 14.2 Å². The molecule has 0 aliphatic carbocycles. The number of nitrogens with one attached hydrogen (secondary N) is 1. The molecule has 0 heterocycles. The van der Waals surface area contributed by atoms with Gasteiger partial charge < -0.3 is 25.3 Å². The molecule has 0 amide bonds. The molecule has 7 nitrogen and oxygen atoms in total. The second-order valence-electron chi connectivity index (χ2n) is 5.56. The molecule has 0 aliphatic heterocycles. The van der Waals surface area contributed by atoms with Crippen LogP contribution in [0.4, 0.5) is 0 Å². The Kier molecular flexibility index (Phi) is 13.5. The fourth-order valence-electron chi connectivity index (χ4n) is 2.28. The van der Waals surface area contributed by atoms with Crippen molar-refractivity contribution in [1.29, 1.82) is 0 Å². The molecule has 0 saturated heterocycles. The van der Waals surface area contributed by atoms with Gasteiger partial charge in [0.15, 0.2) is 17.5 Å². The molecule has 1 aromatic rings. The number of hydrogen-bond donors (Lipinski definition) is 2. The summed E-state index contributed by atoms with van der Waals surface area (Å²) < 4.78 is 15.1. The maximum Gasteiger partial charge on any atom is 0.305 e. The summed E-state index contributed by atoms with van der Waals surface area (Å²) in [6, 6.07) is 5.66. The fraction of sp³-hybridized carbons (Fsp3) is 0.556. The van der Waals surface area contributed by atoms with E-state index in [-0.39, 0.29) is 29.9 Å². The zero-order valence-corrected chi connectivity index (χ0v) is 18.1. The number of nitrogens with two attached hydrogens (primary N) is 1. The van der Waals surface area contributed by atoms with Crippen LogP contribution in [0, 0.1) is 0 Å². The molecule has 26 heavy (non-hydrogen) atoms. The summed E-state index contributed by atoms with van der Waals surface area (Å²) in [6.07, 6.45) is 4.36. The minimum atomic E-state index is -0.148. The van der Waals surface area contributed by atoms with E-state index in [2.05, 4.69) is 15.0 Å². The Morgan fingerprint density at radius 3 is 2.42 bits per heavy atom. The van der Waals surface area contributed by atoms with Crippen LogP contribution in [-0.4, -0.2) is 39.8 Å². The number of carbonyl (C=O) groups excluding carboxylic acids is 1. The first-order chi connectivity index (χ1) is 12.1. The monoisotopic (exact) mass is 479 g/mol. The standard InChI is InChI=1S/C18H29N3O4.HI/c1-23-15-10-9-14(12-16(15)24-2)13-21-18(19)20-11-7-5-4-6-8-17(22)25-3;/h9-10,12H,4-8,11,13H2,1-3H3,(H3,19,20,21);1H. The van der Waals surface area contributed by atoms with Crippen LogP contribution in [0.15, 0.2) is 23.2 Å². The van der Waals surface area contributed by atoms with Gasteiger partial charge in [0.25, 0.3) is 0 Å². The number of hydrogen-bond acceptors (Lipinski definition) is 5. The molecular formula is C18H30IN3O4. The predicted molar refractivity (Wildman–Crippen MR) is 113 cm³/mol. The van der Waals surface area contributed by atoms with Crippen LogP contribution >= 0.6 is 24.0 Å². The molecule has 0 saturated carbocycles. The zero-order chi connectivity index (χ0) is 18.5. The third kappa shape index (κ3) is 9.69. The number of methoxy groups -OCH3 is 3. The summed E-state index contributed by atoms with van der Waals surface area (Å²) in [5.74, 6) is 1.64. The first-order valence-electron chi connectivity index (χ1n) is 8.42. The van der Waals surface area contributed by atoms with Gasteiger partial charge in [-0.2, -0.15) is 0 Å². The van der Waals surface area contributed by atoms with Crippen molar-refractivity contribution >= 4 is 35.9 Å². The molecule has 0 atom stereocenters. The summed E-state index contributed by atoms with van der Waals surface area (Å²) in [4.78, 5) is 15.3. The number of esters is 1. The lowest BCUT2D eigenvalue weighted by atomic mass is 10.1. The van der Waals surface area contributed by atoms with Gasteiger partial charge in [0.1, 0.15) is 0 Å². The van der Waals surface area contributed by atoms with Crippen molar-refractivity contribution in [2.45, 2.75) is 38.6 Å². The topological polar surface area (TPSA) is 95.2 Å². The second kappa shape index (κ2) is 14.5. The number of nitrogens with zero attached hydrogens (tertiary/aromatic N) is 1. The summed E-state index contributed by atoms with van der Waals surface area (Å²) in [5.41, 5.74) is 6.86. The maximum atomic E-state index is 11.0. The van der Waals surface area contributed by atoms with Gasteiger partial charge in [-0.15, -0.1) is 24.0 Å². The quantitative estimate of drug-likeness (QED) is 0.167. The number of halogens is 1. The van der Waals surface area contributed by atoms with Crippen molar-refractivity contribution in [2.75, 3.05) is 27.9 Å². The Morgan fingerprint density at radius 1 is 1.08 bits per heavy atom. The van der Waals surface area contributed by atoms with E-state index in [0.29, 0.717) is 30.4 Å². The first-order valence-corrected chi connectivity index (χ1v) is 8.42. The highest BCUT2D eigenvalue weighted by Gasteiger charge is 2.04. The normalized spacial score (nSPS) is 10.7. The SMILES string of the molecule is COC(=O)CCCCCCNC(N)=NCc1ccc(OC)c(OC)c1.I. The van der Waals surface area contributed by atoms with E-state index in [1.165, 1.54) is 7.11 Å². The van der Waals surface area contributed by atoms with Gasteiger partial charge in [0.2, 0.25) is 0 Å². The van der Waals surface area contributed by atoms with Gasteiger partial charge in [-0.3, -0.25) is 4.79 Å². The third-order valence-corrected chi connectivity index (χ3v) is 3.72. The molecule has 8 heteroatoms. The van der Waals surface area contributed by atoms with Crippen molar-refractivity contribution in [3.8, 4) is 11.5 Å². The molecule has 1 aromatic carbocycles. The Bertz CT molecular complexity index is 567. The molecule has 0 spiro atoms. The summed E-state index contributed by atoms with van der Waals surface area (Å²) >= 11 is 0. The molecule has 0 aliphatic rings. The number of unbranched alkanes of at least 4 members (excludes halogenated alkanes) is 3. The van der Waals surface area contributed by atoms with E-state index in [9.17, 15) is 4.79 Å². The molecule has 1 rings (SSSR count). The van der Waals surface area contributed by atoms with E-state index in [4.69, 9.17) is 15.2 Å². The molecular weight excluding hydrogens is 449 g/mol. The number of ether oxygens (including phenoxy) is 3. The second-order valence-corrected chi connectivity index (χ2v) is 5.56. The fourth-order valence-corrected chi connectivity index (χ4v) is 2.28. The number of carbonyl (C=O) groups is 1. The Hall–Kier alpha value is -1.71. The number of aliphatic imine (C=N–C) groups is 1. The van der Waals surface area contributed by atoms with Crippen molar-refractivity contribution in [2.24, 2.45) is 10.7 Å². The van der Waals surface area contributed by atoms with Crippen molar-refractivity contribution in [1.82, 2.24) is 5.32 Å². The lowest BCUT2D eigenvalue weighted by Gasteiger charge is -2.09. The average molecular weight is 479 g/mol. The Labute approximate surface area is 172 Å². The highest BCUT2D eigenvalue weighted by molar-refractivity contribution is 14.0. The van der Waals surface area contributed by atoms with Crippen LogP contribution < -0.4 is 20.5 Å². The molecule has 0 fully saturated rings. The lowest BCUT2D eigenvalue weighted by molar-refractivity contribution is -0.140. The highest BCUT2D eigenvalue weighted by atomic mass is 127.